The van der Waals surface area contributed by atoms with Crippen molar-refractivity contribution in [1.82, 2.24) is 4.72 Å². The van der Waals surface area contributed by atoms with Gasteiger partial charge in [-0.25, -0.2) is 13.1 Å². The molecule has 0 unspecified atom stereocenters. The van der Waals surface area contributed by atoms with E-state index in [9.17, 15) is 13.2 Å². The quantitative estimate of drug-likeness (QED) is 0.0772. The average molecular weight is 659 g/mol. The van der Waals surface area contributed by atoms with E-state index in [1.807, 2.05) is 104 Å². The van der Waals surface area contributed by atoms with Crippen LogP contribution in [-0.2, 0) is 10.0 Å². The smallest absolute Gasteiger partial charge is 0.241 e. The van der Waals surface area contributed by atoms with Crippen LogP contribution in [0.4, 0.5) is 5.69 Å². The first-order valence-electron chi connectivity index (χ1n) is 16.3. The minimum Gasteiger partial charge on any atom is -0.493 e. The van der Waals surface area contributed by atoms with E-state index in [-0.39, 0.29) is 16.6 Å². The molecule has 0 heterocycles. The van der Waals surface area contributed by atoms with Crippen molar-refractivity contribution in [1.29, 1.82) is 0 Å². The lowest BCUT2D eigenvalue weighted by molar-refractivity contribution is -0.896. The highest BCUT2D eigenvalue weighted by Crippen LogP contribution is 2.36. The Morgan fingerprint density at radius 2 is 1.40 bits per heavy atom. The number of sulfonamides is 1. The lowest BCUT2D eigenvalue weighted by Gasteiger charge is -2.41. The van der Waals surface area contributed by atoms with E-state index < -0.39 is 10.0 Å². The zero-order chi connectivity index (χ0) is 34.5. The van der Waals surface area contributed by atoms with Gasteiger partial charge in [0.15, 0.2) is 5.78 Å². The number of benzene rings is 4. The maximum atomic E-state index is 13.4. The molecule has 0 aromatic heterocycles. The van der Waals surface area contributed by atoms with Crippen molar-refractivity contribution in [2.45, 2.75) is 45.4 Å². The molecule has 4 rings (SSSR count). The van der Waals surface area contributed by atoms with Crippen LogP contribution in [0.25, 0.3) is 10.8 Å². The number of carbonyl (C=O) groups excluding carboxylic acids is 1. The van der Waals surface area contributed by atoms with Gasteiger partial charge in [0.2, 0.25) is 10.0 Å². The molecule has 0 aliphatic heterocycles. The molecule has 0 aliphatic carbocycles. The van der Waals surface area contributed by atoms with Gasteiger partial charge in [0.05, 0.1) is 38.7 Å². The number of ether oxygens (including phenoxy) is 1. The third-order valence-electron chi connectivity index (χ3n) is 8.46. The molecule has 0 bridgehead atoms. The van der Waals surface area contributed by atoms with Crippen LogP contribution < -0.4 is 14.4 Å². The lowest BCUT2D eigenvalue weighted by atomic mass is 9.75. The van der Waals surface area contributed by atoms with Crippen molar-refractivity contribution in [3.05, 3.63) is 102 Å². The van der Waals surface area contributed by atoms with Crippen LogP contribution in [0.2, 0.25) is 0 Å². The number of hydrogen-bond acceptors (Lipinski definition) is 5. The van der Waals surface area contributed by atoms with E-state index in [0.717, 1.165) is 52.6 Å². The third kappa shape index (κ3) is 9.89. The molecule has 0 saturated carbocycles. The summed E-state index contributed by atoms with van der Waals surface area (Å²) in [5.74, 6) is 0.751. The van der Waals surface area contributed by atoms with Gasteiger partial charge in [0.1, 0.15) is 5.75 Å². The van der Waals surface area contributed by atoms with Gasteiger partial charge in [0, 0.05) is 60.1 Å². The molecule has 4 aromatic carbocycles. The second-order valence-electron chi connectivity index (χ2n) is 15.1. The van der Waals surface area contributed by atoms with E-state index >= 15 is 0 Å². The van der Waals surface area contributed by atoms with Crippen molar-refractivity contribution in [2.24, 2.45) is 10.8 Å². The Bertz CT molecular complexity index is 1760. The van der Waals surface area contributed by atoms with E-state index in [0.29, 0.717) is 29.2 Å². The molecule has 7 nitrogen and oxygen atoms in total. The molecule has 0 saturated heterocycles. The first kappa shape index (κ1) is 36.1. The molecular formula is C39H52N3O4S+. The van der Waals surface area contributed by atoms with E-state index in [1.165, 1.54) is 0 Å². The second-order valence-corrected chi connectivity index (χ2v) is 16.8. The molecule has 0 atom stereocenters. The molecule has 0 amide bonds. The Balaban J connectivity index is 1.27. The number of ketones is 1. The fourth-order valence-corrected chi connectivity index (χ4v) is 8.35. The lowest BCUT2D eigenvalue weighted by Crippen LogP contribution is -2.49. The van der Waals surface area contributed by atoms with Gasteiger partial charge in [0.25, 0.3) is 0 Å². The van der Waals surface area contributed by atoms with Crippen LogP contribution in [0, 0.1) is 10.8 Å². The number of anilines is 1. The zero-order valence-corrected chi connectivity index (χ0v) is 30.2. The number of fused-ring (bicyclic) bond motifs is 1. The fourth-order valence-electron chi connectivity index (χ4n) is 7.06. The molecular weight excluding hydrogens is 607 g/mol. The maximum absolute atomic E-state index is 13.4. The molecule has 0 aliphatic rings. The summed E-state index contributed by atoms with van der Waals surface area (Å²) in [5, 5.41) is 1.65. The summed E-state index contributed by atoms with van der Waals surface area (Å²) in [6.07, 6.45) is 1.68. The summed E-state index contributed by atoms with van der Waals surface area (Å²) in [6.45, 7) is 11.8. The van der Waals surface area contributed by atoms with E-state index in [2.05, 4.69) is 46.5 Å². The summed E-state index contributed by atoms with van der Waals surface area (Å²) in [7, 11) is 4.69. The summed E-state index contributed by atoms with van der Waals surface area (Å²) in [5.41, 5.74) is 2.25. The predicted molar refractivity (Wildman–Crippen MR) is 194 cm³/mol. The van der Waals surface area contributed by atoms with Gasteiger partial charge in [-0.1, -0.05) is 82.3 Å². The molecule has 0 radical (unpaired) electrons. The molecule has 0 fully saturated rings. The van der Waals surface area contributed by atoms with Crippen molar-refractivity contribution < 1.29 is 22.4 Å². The molecule has 4 aromatic rings. The van der Waals surface area contributed by atoms with Crippen LogP contribution in [0.1, 0.15) is 56.5 Å². The van der Waals surface area contributed by atoms with Gasteiger partial charge in [-0.3, -0.25) is 4.79 Å². The molecule has 1 N–H and O–H groups in total. The SMILES string of the molecule is CN(C)c1cccc2c(S(=O)(=O)NCCC[N+](C)(C)CC(C)(C)CC(C)(C)COc3ccc(C(=O)c4ccccc4)cc3)cccc12. The van der Waals surface area contributed by atoms with Crippen molar-refractivity contribution >= 4 is 32.3 Å². The highest BCUT2D eigenvalue weighted by Gasteiger charge is 2.35. The Labute approximate surface area is 282 Å². The second kappa shape index (κ2) is 14.6. The van der Waals surface area contributed by atoms with Gasteiger partial charge in [-0.15, -0.1) is 0 Å². The number of rotatable bonds is 16. The zero-order valence-electron chi connectivity index (χ0n) is 29.3. The van der Waals surface area contributed by atoms with Crippen LogP contribution >= 0.6 is 0 Å². The van der Waals surface area contributed by atoms with Crippen molar-refractivity contribution in [2.75, 3.05) is 59.3 Å². The Morgan fingerprint density at radius 1 is 0.787 bits per heavy atom. The van der Waals surface area contributed by atoms with E-state index in [1.54, 1.807) is 6.07 Å². The first-order chi connectivity index (χ1) is 22.0. The minimum atomic E-state index is -3.66. The topological polar surface area (TPSA) is 75.7 Å². The Kier molecular flexibility index (Phi) is 11.2. The normalized spacial score (nSPS) is 12.7. The minimum absolute atomic E-state index is 0.000835. The summed E-state index contributed by atoms with van der Waals surface area (Å²) >= 11 is 0. The fraction of sp³-hybridized carbons (Fsp3) is 0.410. The third-order valence-corrected chi connectivity index (χ3v) is 9.98. The van der Waals surface area contributed by atoms with Crippen LogP contribution in [0.15, 0.2) is 95.9 Å². The molecule has 0 spiro atoms. The molecule has 8 heteroatoms. The van der Waals surface area contributed by atoms with Crippen LogP contribution in [0.3, 0.4) is 0 Å². The first-order valence-corrected chi connectivity index (χ1v) is 17.8. The monoisotopic (exact) mass is 658 g/mol. The van der Waals surface area contributed by atoms with Gasteiger partial charge in [-0.05, 0) is 48.2 Å². The van der Waals surface area contributed by atoms with Gasteiger partial charge in [-0.2, -0.15) is 0 Å². The number of hydrogen-bond donors (Lipinski definition) is 1. The number of nitrogens with one attached hydrogen (secondary N) is 1. The van der Waals surface area contributed by atoms with Crippen LogP contribution in [0.5, 0.6) is 5.75 Å². The number of nitrogens with zero attached hydrogens (tertiary/aromatic N) is 2. The van der Waals surface area contributed by atoms with Crippen LogP contribution in [-0.4, -0.2) is 73.1 Å². The van der Waals surface area contributed by atoms with Crippen molar-refractivity contribution in [3.63, 3.8) is 0 Å². The predicted octanol–water partition coefficient (Wildman–Crippen LogP) is 7.40. The van der Waals surface area contributed by atoms with Gasteiger partial charge >= 0.3 is 0 Å². The average Bonchev–Trinajstić information content (AvgIpc) is 3.00. The largest absolute Gasteiger partial charge is 0.493 e. The Hall–Kier alpha value is -3.72. The summed E-state index contributed by atoms with van der Waals surface area (Å²) < 4.78 is 36.5. The van der Waals surface area contributed by atoms with E-state index in [4.69, 9.17) is 4.74 Å². The number of quaternary nitrogens is 1. The Morgan fingerprint density at radius 3 is 2.06 bits per heavy atom. The molecule has 47 heavy (non-hydrogen) atoms. The summed E-state index contributed by atoms with van der Waals surface area (Å²) in [4.78, 5) is 15.0. The molecule has 252 valence electrons. The highest BCUT2D eigenvalue weighted by molar-refractivity contribution is 7.89. The standard InChI is InChI=1S/C39H52N3O4S/c1-38(2,27-39(3,4)29-46-32-23-21-31(22-24-32)37(43)30-15-10-9-11-16-30)28-42(7,8)26-14-25-40-47(44,45)36-20-13-17-33-34(36)18-12-19-35(33)41(5)6/h9-13,15-24,40H,14,25-29H2,1-8H3/q+1. The van der Waals surface area contributed by atoms with Gasteiger partial charge < -0.3 is 14.1 Å². The number of carbonyl (C=O) groups is 1. The highest BCUT2D eigenvalue weighted by atomic mass is 32.2. The maximum Gasteiger partial charge on any atom is 0.241 e. The summed E-state index contributed by atoms with van der Waals surface area (Å²) in [6, 6.07) is 27.9. The van der Waals surface area contributed by atoms with Crippen molar-refractivity contribution in [3.8, 4) is 5.75 Å².